The summed E-state index contributed by atoms with van der Waals surface area (Å²) >= 11 is 12.1. The molecule has 5 nitrogen and oxygen atoms in total. The molecule has 0 aliphatic carbocycles. The molecule has 0 spiro atoms. The van der Waals surface area contributed by atoms with E-state index in [2.05, 4.69) is 66.0 Å². The molecule has 0 unspecified atom stereocenters. The topological polar surface area (TPSA) is 53.3 Å². The van der Waals surface area contributed by atoms with Gasteiger partial charge in [0.15, 0.2) is 5.11 Å². The number of aromatic nitrogens is 2. The highest BCUT2D eigenvalue weighted by molar-refractivity contribution is 7.80. The van der Waals surface area contributed by atoms with E-state index < -0.39 is 0 Å². The molecule has 3 heterocycles. The van der Waals surface area contributed by atoms with Crippen LogP contribution < -0.4 is 10.2 Å². The zero-order valence-electron chi connectivity index (χ0n) is 19.2. The minimum absolute atomic E-state index is 0.118. The number of anilines is 1. The Morgan fingerprint density at radius 1 is 1.00 bits per heavy atom. The molecule has 172 valence electrons. The molecule has 2 aromatic carbocycles. The van der Waals surface area contributed by atoms with E-state index in [9.17, 15) is 5.11 Å². The van der Waals surface area contributed by atoms with E-state index in [1.54, 1.807) is 24.4 Å². The van der Waals surface area contributed by atoms with Crippen LogP contribution in [0.2, 0.25) is 5.02 Å². The Morgan fingerprint density at radius 3 is 2.47 bits per heavy atom. The lowest BCUT2D eigenvalue weighted by molar-refractivity contribution is 0.472. The molecule has 2 atom stereocenters. The van der Waals surface area contributed by atoms with Crippen molar-refractivity contribution in [3.63, 3.8) is 0 Å². The number of nitrogens with one attached hydrogen (secondary N) is 1. The predicted molar refractivity (Wildman–Crippen MR) is 141 cm³/mol. The summed E-state index contributed by atoms with van der Waals surface area (Å²) in [4.78, 5) is 6.58. The zero-order chi connectivity index (χ0) is 24.0. The van der Waals surface area contributed by atoms with E-state index in [4.69, 9.17) is 23.8 Å². The summed E-state index contributed by atoms with van der Waals surface area (Å²) in [5.41, 5.74) is 7.07. The Bertz CT molecular complexity index is 1370. The van der Waals surface area contributed by atoms with Crippen molar-refractivity contribution in [2.45, 2.75) is 32.9 Å². The van der Waals surface area contributed by atoms with Gasteiger partial charge in [0.05, 0.1) is 23.5 Å². The molecule has 0 saturated carbocycles. The van der Waals surface area contributed by atoms with Gasteiger partial charge in [-0.2, -0.15) is 0 Å². The van der Waals surface area contributed by atoms with Gasteiger partial charge in [0, 0.05) is 28.3 Å². The molecule has 2 aromatic heterocycles. The Balaban J connectivity index is 1.70. The summed E-state index contributed by atoms with van der Waals surface area (Å²) in [5.74, 6) is 0.118. The van der Waals surface area contributed by atoms with E-state index in [0.29, 0.717) is 15.8 Å². The maximum absolute atomic E-state index is 10.8. The second-order valence-corrected chi connectivity index (χ2v) is 9.45. The van der Waals surface area contributed by atoms with Gasteiger partial charge in [-0.25, -0.2) is 0 Å². The van der Waals surface area contributed by atoms with Crippen LogP contribution in [0.1, 0.15) is 40.3 Å². The largest absolute Gasteiger partial charge is 0.506 e. The first-order chi connectivity index (χ1) is 16.3. The Hall–Kier alpha value is -3.35. The third-order valence-electron chi connectivity index (χ3n) is 6.38. The van der Waals surface area contributed by atoms with E-state index >= 15 is 0 Å². The monoisotopic (exact) mass is 488 g/mol. The van der Waals surface area contributed by atoms with Crippen LogP contribution in [0, 0.1) is 20.8 Å². The number of thiocarbonyl (C=S) groups is 1. The van der Waals surface area contributed by atoms with Crippen LogP contribution in [0.4, 0.5) is 5.69 Å². The minimum Gasteiger partial charge on any atom is -0.506 e. The molecule has 5 rings (SSSR count). The Labute approximate surface area is 209 Å². The second kappa shape index (κ2) is 8.78. The summed E-state index contributed by atoms with van der Waals surface area (Å²) < 4.78 is 2.25. The Kier molecular flexibility index (Phi) is 5.80. The molecule has 7 heteroatoms. The standard InChI is InChI=1S/C27H25ClN4OS/c1-16-7-10-20(11-8-16)31-17(2)14-21(18(31)3)26-25(22-6-4-5-13-29-22)30-27(34)32(26)23-15-19(28)9-12-24(23)33/h4-15,25-26,33H,1-3H3,(H,30,34)/t25-,26+/m0/s1. The van der Waals surface area contributed by atoms with Crippen molar-refractivity contribution >= 4 is 34.6 Å². The lowest BCUT2D eigenvalue weighted by Gasteiger charge is -2.28. The van der Waals surface area contributed by atoms with E-state index in [1.165, 1.54) is 5.56 Å². The van der Waals surface area contributed by atoms with Gasteiger partial charge in [-0.3, -0.25) is 4.98 Å². The van der Waals surface area contributed by atoms with Crippen LogP contribution in [0.25, 0.3) is 5.69 Å². The maximum Gasteiger partial charge on any atom is 0.174 e. The van der Waals surface area contributed by atoms with Crippen LogP contribution in [0.3, 0.4) is 0 Å². The van der Waals surface area contributed by atoms with Crippen molar-refractivity contribution in [1.29, 1.82) is 0 Å². The van der Waals surface area contributed by atoms with Crippen molar-refractivity contribution in [3.05, 3.63) is 106 Å². The average Bonchev–Trinajstić information content (AvgIpc) is 3.32. The number of phenolic OH excluding ortho intramolecular Hbond substituents is 1. The SMILES string of the molecule is Cc1ccc(-n2c(C)cc([C@@H]3[C@H](c4ccccn4)NC(=S)N3c3cc(Cl)ccc3O)c2C)cc1. The number of pyridine rings is 1. The molecule has 0 radical (unpaired) electrons. The number of phenols is 1. The number of benzene rings is 2. The minimum atomic E-state index is -0.239. The predicted octanol–water partition coefficient (Wildman–Crippen LogP) is 6.33. The normalized spacial score (nSPS) is 17.8. The summed E-state index contributed by atoms with van der Waals surface area (Å²) in [6, 6.07) is 21.1. The quantitative estimate of drug-likeness (QED) is 0.328. The number of nitrogens with zero attached hydrogens (tertiary/aromatic N) is 3. The number of hydrogen-bond donors (Lipinski definition) is 2. The molecule has 4 aromatic rings. The van der Waals surface area contributed by atoms with Crippen LogP contribution in [-0.4, -0.2) is 19.8 Å². The second-order valence-electron chi connectivity index (χ2n) is 8.63. The van der Waals surface area contributed by atoms with Crippen molar-refractivity contribution in [1.82, 2.24) is 14.9 Å². The summed E-state index contributed by atoms with van der Waals surface area (Å²) in [7, 11) is 0. The van der Waals surface area contributed by atoms with Crippen molar-refractivity contribution < 1.29 is 5.11 Å². The van der Waals surface area contributed by atoms with Gasteiger partial charge >= 0.3 is 0 Å². The molecule has 0 amide bonds. The number of hydrogen-bond acceptors (Lipinski definition) is 3. The lowest BCUT2D eigenvalue weighted by atomic mass is 9.96. The molecule has 1 fully saturated rings. The number of rotatable bonds is 4. The van der Waals surface area contributed by atoms with Gasteiger partial charge in [-0.1, -0.05) is 35.4 Å². The van der Waals surface area contributed by atoms with Crippen molar-refractivity contribution in [2.24, 2.45) is 0 Å². The number of halogens is 1. The van der Waals surface area contributed by atoms with Gasteiger partial charge in [0.2, 0.25) is 0 Å². The molecule has 34 heavy (non-hydrogen) atoms. The average molecular weight is 489 g/mol. The first-order valence-electron chi connectivity index (χ1n) is 11.1. The highest BCUT2D eigenvalue weighted by Gasteiger charge is 2.43. The molecule has 1 aliphatic rings. The smallest absolute Gasteiger partial charge is 0.174 e. The Morgan fingerprint density at radius 2 is 1.76 bits per heavy atom. The van der Waals surface area contributed by atoms with E-state index in [-0.39, 0.29) is 17.8 Å². The summed E-state index contributed by atoms with van der Waals surface area (Å²) in [6.45, 7) is 6.31. The van der Waals surface area contributed by atoms with E-state index in [0.717, 1.165) is 28.3 Å². The van der Waals surface area contributed by atoms with Crippen LogP contribution in [-0.2, 0) is 0 Å². The summed E-state index contributed by atoms with van der Waals surface area (Å²) in [6.07, 6.45) is 1.78. The molecule has 0 bridgehead atoms. The van der Waals surface area contributed by atoms with Gasteiger partial charge in [0.25, 0.3) is 0 Å². The first-order valence-corrected chi connectivity index (χ1v) is 11.9. The van der Waals surface area contributed by atoms with Gasteiger partial charge in [-0.15, -0.1) is 0 Å². The molecular formula is C27H25ClN4OS. The van der Waals surface area contributed by atoms with Crippen molar-refractivity contribution in [3.8, 4) is 11.4 Å². The van der Waals surface area contributed by atoms with Gasteiger partial charge < -0.3 is 19.9 Å². The fourth-order valence-electron chi connectivity index (χ4n) is 4.80. The fraction of sp³-hybridized carbons (Fsp3) is 0.185. The first kappa shape index (κ1) is 22.4. The van der Waals surface area contributed by atoms with Crippen LogP contribution in [0.5, 0.6) is 5.75 Å². The number of aromatic hydroxyl groups is 1. The fourth-order valence-corrected chi connectivity index (χ4v) is 5.30. The lowest BCUT2D eigenvalue weighted by Crippen LogP contribution is -2.29. The molecule has 2 N–H and O–H groups in total. The molecule has 1 aliphatic heterocycles. The van der Waals surface area contributed by atoms with Gasteiger partial charge in [-0.05, 0) is 87.1 Å². The third-order valence-corrected chi connectivity index (χ3v) is 6.93. The highest BCUT2D eigenvalue weighted by atomic mass is 35.5. The van der Waals surface area contributed by atoms with Gasteiger partial charge in [0.1, 0.15) is 5.75 Å². The highest BCUT2D eigenvalue weighted by Crippen LogP contribution is 2.46. The van der Waals surface area contributed by atoms with Crippen molar-refractivity contribution in [2.75, 3.05) is 4.90 Å². The van der Waals surface area contributed by atoms with E-state index in [1.807, 2.05) is 23.1 Å². The molecule has 1 saturated heterocycles. The third kappa shape index (κ3) is 3.83. The maximum atomic E-state index is 10.8. The molecular weight excluding hydrogens is 464 g/mol. The number of aryl methyl sites for hydroxylation is 2. The van der Waals surface area contributed by atoms with Crippen LogP contribution >= 0.6 is 23.8 Å². The zero-order valence-corrected chi connectivity index (χ0v) is 20.7. The summed E-state index contributed by atoms with van der Waals surface area (Å²) in [5, 5.41) is 15.2. The van der Waals surface area contributed by atoms with Crippen LogP contribution in [0.15, 0.2) is 72.9 Å².